The summed E-state index contributed by atoms with van der Waals surface area (Å²) in [5, 5.41) is 3.42. The largest absolute Gasteiger partial charge is 0.465 e. The first kappa shape index (κ1) is 17.6. The van der Waals surface area contributed by atoms with Crippen LogP contribution in [0.15, 0.2) is 53.6 Å². The Bertz CT molecular complexity index is 1040. The Hall–Kier alpha value is -3.19. The second-order valence-electron chi connectivity index (χ2n) is 5.46. The van der Waals surface area contributed by atoms with Crippen LogP contribution < -0.4 is 10.9 Å². The number of halogens is 1. The van der Waals surface area contributed by atoms with Crippen molar-refractivity contribution in [3.63, 3.8) is 0 Å². The molecule has 7 nitrogen and oxygen atoms in total. The summed E-state index contributed by atoms with van der Waals surface area (Å²) in [6.45, 7) is -0.201. The molecule has 0 unspecified atom stereocenters. The van der Waals surface area contributed by atoms with Crippen LogP contribution in [0.4, 0.5) is 5.69 Å². The number of hydrogen-bond acceptors (Lipinski definition) is 5. The minimum absolute atomic E-state index is 0.201. The van der Waals surface area contributed by atoms with Crippen LogP contribution in [0.25, 0.3) is 10.9 Å². The molecule has 0 fully saturated rings. The fourth-order valence-corrected chi connectivity index (χ4v) is 2.58. The van der Waals surface area contributed by atoms with E-state index < -0.39 is 11.9 Å². The molecule has 0 spiro atoms. The van der Waals surface area contributed by atoms with Crippen LogP contribution in [-0.2, 0) is 16.1 Å². The van der Waals surface area contributed by atoms with Crippen molar-refractivity contribution in [1.29, 1.82) is 0 Å². The number of amides is 1. The molecular weight excluding hydrogens is 358 g/mol. The molecule has 0 aliphatic heterocycles. The van der Waals surface area contributed by atoms with Crippen LogP contribution in [0.2, 0.25) is 5.02 Å². The van der Waals surface area contributed by atoms with E-state index in [4.69, 9.17) is 11.6 Å². The summed E-state index contributed by atoms with van der Waals surface area (Å²) in [6.07, 6.45) is 1.32. The average Bonchev–Trinajstić information content (AvgIpc) is 2.64. The van der Waals surface area contributed by atoms with Crippen LogP contribution in [0.3, 0.4) is 0 Å². The zero-order valence-corrected chi connectivity index (χ0v) is 14.5. The SMILES string of the molecule is COC(=O)c1ccc(NC(=O)Cn2cnc3ccc(Cl)cc3c2=O)cc1. The van der Waals surface area contributed by atoms with Crippen LogP contribution in [0, 0.1) is 0 Å². The Morgan fingerprint density at radius 1 is 1.19 bits per heavy atom. The van der Waals surface area contributed by atoms with E-state index in [1.807, 2.05) is 0 Å². The van der Waals surface area contributed by atoms with Crippen LogP contribution in [0.5, 0.6) is 0 Å². The molecule has 0 aliphatic rings. The standard InChI is InChI=1S/C18H14ClN3O4/c1-26-18(25)11-2-5-13(6-3-11)21-16(23)9-22-10-20-15-7-4-12(19)8-14(15)17(22)24/h2-8,10H,9H2,1H3,(H,21,23). The van der Waals surface area contributed by atoms with Gasteiger partial charge in [0.2, 0.25) is 5.91 Å². The summed E-state index contributed by atoms with van der Waals surface area (Å²) < 4.78 is 5.82. The molecule has 132 valence electrons. The van der Waals surface area contributed by atoms with Crippen molar-refractivity contribution in [3.05, 3.63) is 69.7 Å². The van der Waals surface area contributed by atoms with Gasteiger partial charge in [-0.25, -0.2) is 9.78 Å². The highest BCUT2D eigenvalue weighted by molar-refractivity contribution is 6.31. The van der Waals surface area contributed by atoms with Crippen molar-refractivity contribution in [2.45, 2.75) is 6.54 Å². The molecule has 8 heteroatoms. The van der Waals surface area contributed by atoms with Crippen molar-refractivity contribution in [3.8, 4) is 0 Å². The van der Waals surface area contributed by atoms with E-state index >= 15 is 0 Å². The number of hydrogen-bond donors (Lipinski definition) is 1. The number of nitrogens with zero attached hydrogens (tertiary/aromatic N) is 2. The van der Waals surface area contributed by atoms with E-state index in [1.54, 1.807) is 24.3 Å². The molecule has 0 aliphatic carbocycles. The highest BCUT2D eigenvalue weighted by Crippen LogP contribution is 2.14. The normalized spacial score (nSPS) is 10.5. The van der Waals surface area contributed by atoms with Crippen LogP contribution in [0.1, 0.15) is 10.4 Å². The van der Waals surface area contributed by atoms with Gasteiger partial charge in [-0.05, 0) is 42.5 Å². The van der Waals surface area contributed by atoms with Gasteiger partial charge in [0.15, 0.2) is 0 Å². The van der Waals surface area contributed by atoms with E-state index in [2.05, 4.69) is 15.0 Å². The molecule has 0 atom stereocenters. The number of nitrogens with one attached hydrogen (secondary N) is 1. The zero-order valence-electron chi connectivity index (χ0n) is 13.7. The van der Waals surface area contributed by atoms with Crippen molar-refractivity contribution < 1.29 is 14.3 Å². The number of benzene rings is 2. The van der Waals surface area contributed by atoms with Gasteiger partial charge < -0.3 is 10.1 Å². The number of fused-ring (bicyclic) bond motifs is 1. The Balaban J connectivity index is 1.76. The van der Waals surface area contributed by atoms with Crippen molar-refractivity contribution in [2.75, 3.05) is 12.4 Å². The molecule has 0 saturated carbocycles. The van der Waals surface area contributed by atoms with Crippen molar-refractivity contribution in [1.82, 2.24) is 9.55 Å². The van der Waals surface area contributed by atoms with Gasteiger partial charge in [-0.1, -0.05) is 11.6 Å². The quantitative estimate of drug-likeness (QED) is 0.711. The van der Waals surface area contributed by atoms with E-state index in [0.29, 0.717) is 27.2 Å². The number of rotatable bonds is 4. The first-order valence-electron chi connectivity index (χ1n) is 7.61. The highest BCUT2D eigenvalue weighted by Gasteiger charge is 2.10. The minimum atomic E-state index is -0.463. The maximum Gasteiger partial charge on any atom is 0.337 e. The molecule has 3 aromatic rings. The third-order valence-electron chi connectivity index (χ3n) is 3.69. The summed E-state index contributed by atoms with van der Waals surface area (Å²) >= 11 is 5.91. The molecule has 0 radical (unpaired) electrons. The topological polar surface area (TPSA) is 90.3 Å². The number of aromatic nitrogens is 2. The third kappa shape index (κ3) is 3.73. The maximum absolute atomic E-state index is 12.5. The first-order valence-corrected chi connectivity index (χ1v) is 7.98. The molecule has 2 aromatic carbocycles. The van der Waals surface area contributed by atoms with Gasteiger partial charge in [-0.2, -0.15) is 0 Å². The fraction of sp³-hybridized carbons (Fsp3) is 0.111. The lowest BCUT2D eigenvalue weighted by molar-refractivity contribution is -0.116. The Labute approximate surface area is 153 Å². The zero-order chi connectivity index (χ0) is 18.7. The number of esters is 1. The van der Waals surface area contributed by atoms with E-state index in [-0.39, 0.29) is 12.1 Å². The molecule has 1 amide bonds. The number of carbonyl (C=O) groups is 2. The summed E-state index contributed by atoms with van der Waals surface area (Å²) in [7, 11) is 1.29. The summed E-state index contributed by atoms with van der Waals surface area (Å²) in [5.41, 5.74) is 1.02. The smallest absolute Gasteiger partial charge is 0.337 e. The van der Waals surface area contributed by atoms with Gasteiger partial charge in [-0.3, -0.25) is 14.2 Å². The third-order valence-corrected chi connectivity index (χ3v) is 3.92. The van der Waals surface area contributed by atoms with Gasteiger partial charge in [-0.15, -0.1) is 0 Å². The van der Waals surface area contributed by atoms with Gasteiger partial charge in [0.25, 0.3) is 5.56 Å². The molecule has 3 rings (SSSR count). The number of ether oxygens (including phenoxy) is 1. The molecule has 26 heavy (non-hydrogen) atoms. The van der Waals surface area contributed by atoms with Gasteiger partial charge in [0.1, 0.15) is 6.54 Å². The number of anilines is 1. The lowest BCUT2D eigenvalue weighted by Crippen LogP contribution is -2.27. The van der Waals surface area contributed by atoms with E-state index in [9.17, 15) is 14.4 Å². The summed E-state index contributed by atoms with van der Waals surface area (Å²) in [6, 6.07) is 11.0. The predicted octanol–water partition coefficient (Wildman–Crippen LogP) is 2.48. The van der Waals surface area contributed by atoms with Gasteiger partial charge in [0.05, 0.1) is 29.9 Å². The second-order valence-corrected chi connectivity index (χ2v) is 5.89. The maximum atomic E-state index is 12.5. The van der Waals surface area contributed by atoms with Crippen molar-refractivity contribution >= 4 is 40.1 Å². The average molecular weight is 372 g/mol. The molecule has 0 saturated heterocycles. The predicted molar refractivity (Wildman–Crippen MR) is 97.4 cm³/mol. The van der Waals surface area contributed by atoms with Gasteiger partial charge in [0, 0.05) is 10.7 Å². The van der Waals surface area contributed by atoms with Crippen LogP contribution >= 0.6 is 11.6 Å². The molecule has 0 bridgehead atoms. The molecule has 1 heterocycles. The lowest BCUT2D eigenvalue weighted by Gasteiger charge is -2.08. The molecule has 1 N–H and O–H groups in total. The molecule has 1 aromatic heterocycles. The monoisotopic (exact) mass is 371 g/mol. The molecular formula is C18H14ClN3O4. The first-order chi connectivity index (χ1) is 12.5. The van der Waals surface area contributed by atoms with E-state index in [1.165, 1.54) is 36.2 Å². The Morgan fingerprint density at radius 2 is 1.92 bits per heavy atom. The lowest BCUT2D eigenvalue weighted by atomic mass is 10.2. The number of carbonyl (C=O) groups excluding carboxylic acids is 2. The van der Waals surface area contributed by atoms with E-state index in [0.717, 1.165) is 0 Å². The highest BCUT2D eigenvalue weighted by atomic mass is 35.5. The summed E-state index contributed by atoms with van der Waals surface area (Å²) in [5.74, 6) is -0.864. The fourth-order valence-electron chi connectivity index (χ4n) is 2.41. The minimum Gasteiger partial charge on any atom is -0.465 e. The summed E-state index contributed by atoms with van der Waals surface area (Å²) in [4.78, 5) is 40.2. The van der Waals surface area contributed by atoms with Crippen molar-refractivity contribution in [2.24, 2.45) is 0 Å². The second kappa shape index (κ2) is 7.37. The number of methoxy groups -OCH3 is 1. The Kier molecular flexibility index (Phi) is 4.99. The van der Waals surface area contributed by atoms with Crippen LogP contribution in [-0.4, -0.2) is 28.5 Å². The van der Waals surface area contributed by atoms with Gasteiger partial charge >= 0.3 is 5.97 Å². The Morgan fingerprint density at radius 3 is 2.62 bits per heavy atom.